The van der Waals surface area contributed by atoms with Crippen LogP contribution >= 0.6 is 0 Å². The molecule has 7 heteroatoms. The van der Waals surface area contributed by atoms with Crippen molar-refractivity contribution in [3.63, 3.8) is 0 Å². The standard InChI is InChI=1S/C16H23N3O4/c1-4-11-15(10(2)23-17-11)16(21)19-7-5-12-13(6-8-19)22-9-14(20)18(12)3/h12-13H,4-9H2,1-3H3/t12-,13-/m0/s1. The second kappa shape index (κ2) is 6.31. The second-order valence-corrected chi connectivity index (χ2v) is 6.21. The third-order valence-electron chi connectivity index (χ3n) is 4.89. The van der Waals surface area contributed by atoms with Crippen molar-refractivity contribution >= 4 is 11.8 Å². The Labute approximate surface area is 135 Å². The molecule has 2 aliphatic rings. The normalized spacial score (nSPS) is 25.3. The van der Waals surface area contributed by atoms with Crippen molar-refractivity contribution in [1.82, 2.24) is 15.0 Å². The first-order chi connectivity index (χ1) is 11.0. The summed E-state index contributed by atoms with van der Waals surface area (Å²) in [6.07, 6.45) is 2.13. The summed E-state index contributed by atoms with van der Waals surface area (Å²) in [6.45, 7) is 5.09. The topological polar surface area (TPSA) is 75.9 Å². The van der Waals surface area contributed by atoms with Gasteiger partial charge in [-0.05, 0) is 26.2 Å². The molecule has 1 aromatic heterocycles. The summed E-state index contributed by atoms with van der Waals surface area (Å²) in [5.74, 6) is 0.541. The van der Waals surface area contributed by atoms with Gasteiger partial charge in [-0.3, -0.25) is 9.59 Å². The summed E-state index contributed by atoms with van der Waals surface area (Å²) in [5, 5.41) is 3.97. The monoisotopic (exact) mass is 321 g/mol. The van der Waals surface area contributed by atoms with Crippen molar-refractivity contribution < 1.29 is 18.8 Å². The fraction of sp³-hybridized carbons (Fsp3) is 0.688. The Kier molecular flexibility index (Phi) is 4.39. The van der Waals surface area contributed by atoms with Crippen LogP contribution in [0.2, 0.25) is 0 Å². The quantitative estimate of drug-likeness (QED) is 0.812. The van der Waals surface area contributed by atoms with Gasteiger partial charge in [0.05, 0.1) is 17.8 Å². The number of nitrogens with zero attached hydrogens (tertiary/aromatic N) is 3. The van der Waals surface area contributed by atoms with Crippen molar-refractivity contribution in [1.29, 1.82) is 0 Å². The van der Waals surface area contributed by atoms with Gasteiger partial charge in [0.25, 0.3) is 5.91 Å². The molecule has 2 amide bonds. The first-order valence-electron chi connectivity index (χ1n) is 8.14. The molecule has 0 spiro atoms. The first-order valence-corrected chi connectivity index (χ1v) is 8.14. The third-order valence-corrected chi connectivity index (χ3v) is 4.89. The second-order valence-electron chi connectivity index (χ2n) is 6.21. The van der Waals surface area contributed by atoms with E-state index in [9.17, 15) is 9.59 Å². The van der Waals surface area contributed by atoms with Crippen molar-refractivity contribution in [2.45, 2.75) is 45.3 Å². The van der Waals surface area contributed by atoms with Crippen LogP contribution in [0.1, 0.15) is 41.6 Å². The molecule has 0 unspecified atom stereocenters. The largest absolute Gasteiger partial charge is 0.366 e. The molecule has 2 atom stereocenters. The lowest BCUT2D eigenvalue weighted by Gasteiger charge is -2.37. The average Bonchev–Trinajstić information content (AvgIpc) is 2.78. The van der Waals surface area contributed by atoms with Crippen molar-refractivity contribution in [3.8, 4) is 0 Å². The summed E-state index contributed by atoms with van der Waals surface area (Å²) in [5.41, 5.74) is 1.29. The number of carbonyl (C=O) groups is 2. The fourth-order valence-electron chi connectivity index (χ4n) is 3.46. The first kappa shape index (κ1) is 16.0. The van der Waals surface area contributed by atoms with Gasteiger partial charge in [-0.1, -0.05) is 12.1 Å². The lowest BCUT2D eigenvalue weighted by atomic mass is 10.0. The summed E-state index contributed by atoms with van der Waals surface area (Å²) in [6, 6.07) is 0.0447. The van der Waals surface area contributed by atoms with E-state index in [2.05, 4.69) is 5.16 Å². The van der Waals surface area contributed by atoms with E-state index in [4.69, 9.17) is 9.26 Å². The molecule has 0 aromatic carbocycles. The van der Waals surface area contributed by atoms with E-state index in [0.29, 0.717) is 36.5 Å². The molecule has 2 saturated heterocycles. The molecule has 2 fully saturated rings. The van der Waals surface area contributed by atoms with Gasteiger partial charge in [0.1, 0.15) is 17.9 Å². The zero-order valence-corrected chi connectivity index (χ0v) is 13.9. The minimum absolute atomic E-state index is 0.00437. The highest BCUT2D eigenvalue weighted by molar-refractivity contribution is 5.96. The number of fused-ring (bicyclic) bond motifs is 1. The highest BCUT2D eigenvalue weighted by atomic mass is 16.5. The molecule has 126 valence electrons. The number of amides is 2. The average molecular weight is 321 g/mol. The maximum Gasteiger partial charge on any atom is 0.259 e. The Balaban J connectivity index is 1.76. The van der Waals surface area contributed by atoms with E-state index in [0.717, 1.165) is 12.8 Å². The van der Waals surface area contributed by atoms with E-state index in [1.807, 2.05) is 18.9 Å². The van der Waals surface area contributed by atoms with E-state index in [-0.39, 0.29) is 30.6 Å². The molecule has 3 heterocycles. The molecule has 7 nitrogen and oxygen atoms in total. The molecule has 0 saturated carbocycles. The van der Waals surface area contributed by atoms with Crippen LogP contribution in [0.25, 0.3) is 0 Å². The van der Waals surface area contributed by atoms with Gasteiger partial charge in [0, 0.05) is 20.1 Å². The lowest BCUT2D eigenvalue weighted by Crippen LogP contribution is -2.52. The number of aryl methyl sites for hydroxylation is 2. The zero-order valence-electron chi connectivity index (χ0n) is 13.9. The van der Waals surface area contributed by atoms with E-state index in [1.54, 1.807) is 11.8 Å². The number of ether oxygens (including phenoxy) is 1. The molecule has 0 radical (unpaired) electrons. The molecule has 0 N–H and O–H groups in total. The summed E-state index contributed by atoms with van der Waals surface area (Å²) in [4.78, 5) is 28.3. The fourth-order valence-corrected chi connectivity index (χ4v) is 3.46. The lowest BCUT2D eigenvalue weighted by molar-refractivity contribution is -0.154. The molecular weight excluding hydrogens is 298 g/mol. The maximum atomic E-state index is 12.9. The summed E-state index contributed by atoms with van der Waals surface area (Å²) in [7, 11) is 1.82. The predicted octanol–water partition coefficient (Wildman–Crippen LogP) is 1.01. The Bertz CT molecular complexity index is 612. The van der Waals surface area contributed by atoms with E-state index in [1.165, 1.54) is 0 Å². The van der Waals surface area contributed by atoms with E-state index >= 15 is 0 Å². The van der Waals surface area contributed by atoms with Crippen molar-refractivity contribution in [2.24, 2.45) is 0 Å². The Hall–Kier alpha value is -1.89. The number of morpholine rings is 1. The number of likely N-dealkylation sites (N-methyl/N-ethyl adjacent to an activating group) is 1. The number of aromatic nitrogens is 1. The third kappa shape index (κ3) is 2.85. The number of hydrogen-bond donors (Lipinski definition) is 0. The number of rotatable bonds is 2. The van der Waals surface area contributed by atoms with Crippen LogP contribution in [-0.2, 0) is 16.0 Å². The highest BCUT2D eigenvalue weighted by Crippen LogP contribution is 2.25. The van der Waals surface area contributed by atoms with Crippen LogP contribution in [0, 0.1) is 6.92 Å². The van der Waals surface area contributed by atoms with Gasteiger partial charge in [0.15, 0.2) is 0 Å². The number of likely N-dealkylation sites (tertiary alicyclic amines) is 1. The van der Waals surface area contributed by atoms with Crippen LogP contribution < -0.4 is 0 Å². The molecule has 3 rings (SSSR count). The summed E-state index contributed by atoms with van der Waals surface area (Å²) >= 11 is 0. The molecule has 2 aliphatic heterocycles. The number of carbonyl (C=O) groups excluding carboxylic acids is 2. The molecule has 1 aromatic rings. The van der Waals surface area contributed by atoms with Crippen molar-refractivity contribution in [2.75, 3.05) is 26.7 Å². The van der Waals surface area contributed by atoms with Gasteiger partial charge in [-0.2, -0.15) is 0 Å². The van der Waals surface area contributed by atoms with Crippen LogP contribution in [0.3, 0.4) is 0 Å². The SMILES string of the molecule is CCc1noc(C)c1C(=O)N1CC[C@@H]2OCC(=O)N(C)[C@H]2CC1. The molecular formula is C16H23N3O4. The van der Waals surface area contributed by atoms with Gasteiger partial charge < -0.3 is 19.1 Å². The Morgan fingerprint density at radius 1 is 1.35 bits per heavy atom. The van der Waals surface area contributed by atoms with Crippen LogP contribution in [0.5, 0.6) is 0 Å². The van der Waals surface area contributed by atoms with Crippen molar-refractivity contribution in [3.05, 3.63) is 17.0 Å². The number of hydrogen-bond acceptors (Lipinski definition) is 5. The van der Waals surface area contributed by atoms with Crippen LogP contribution in [0.15, 0.2) is 4.52 Å². The van der Waals surface area contributed by atoms with E-state index < -0.39 is 0 Å². The molecule has 0 bridgehead atoms. The Morgan fingerprint density at radius 3 is 2.83 bits per heavy atom. The van der Waals surface area contributed by atoms with Crippen LogP contribution in [0.4, 0.5) is 0 Å². The van der Waals surface area contributed by atoms with Gasteiger partial charge in [0.2, 0.25) is 5.91 Å². The maximum absolute atomic E-state index is 12.9. The smallest absolute Gasteiger partial charge is 0.259 e. The predicted molar refractivity (Wildman–Crippen MR) is 82.1 cm³/mol. The molecule has 23 heavy (non-hydrogen) atoms. The molecule has 0 aliphatic carbocycles. The van der Waals surface area contributed by atoms with Gasteiger partial charge in [-0.15, -0.1) is 0 Å². The van der Waals surface area contributed by atoms with Gasteiger partial charge >= 0.3 is 0 Å². The van der Waals surface area contributed by atoms with Gasteiger partial charge in [-0.25, -0.2) is 0 Å². The highest BCUT2D eigenvalue weighted by Gasteiger charge is 2.37. The minimum Gasteiger partial charge on any atom is -0.366 e. The minimum atomic E-state index is -0.0340. The zero-order chi connectivity index (χ0) is 16.6. The van der Waals surface area contributed by atoms with Crippen LogP contribution in [-0.4, -0.2) is 65.7 Å². The Morgan fingerprint density at radius 2 is 2.09 bits per heavy atom. The summed E-state index contributed by atoms with van der Waals surface area (Å²) < 4.78 is 10.9.